The molecule has 0 saturated carbocycles. The molecule has 0 fully saturated rings. The Labute approximate surface area is 123 Å². The van der Waals surface area contributed by atoms with Gasteiger partial charge in [0.15, 0.2) is 0 Å². The van der Waals surface area contributed by atoms with Gasteiger partial charge in [0.2, 0.25) is 0 Å². The van der Waals surface area contributed by atoms with Crippen molar-refractivity contribution in [2.45, 2.75) is 34.1 Å². The zero-order valence-electron chi connectivity index (χ0n) is 13.2. The number of hydrogen-bond acceptors (Lipinski definition) is 2. The van der Waals surface area contributed by atoms with Crippen LogP contribution in [0.15, 0.2) is 24.3 Å². The summed E-state index contributed by atoms with van der Waals surface area (Å²) in [6.07, 6.45) is 0.815. The molecule has 1 aromatic rings. The largest absolute Gasteiger partial charge is 0.338 e. The van der Waals surface area contributed by atoms with Gasteiger partial charge in [-0.05, 0) is 42.5 Å². The molecule has 0 aliphatic rings. The first kappa shape index (κ1) is 16.7. The molecule has 0 aliphatic carbocycles. The third-order valence-corrected chi connectivity index (χ3v) is 3.07. The van der Waals surface area contributed by atoms with Gasteiger partial charge in [0.1, 0.15) is 0 Å². The molecule has 20 heavy (non-hydrogen) atoms. The van der Waals surface area contributed by atoms with Crippen LogP contribution in [0.1, 0.15) is 43.6 Å². The van der Waals surface area contributed by atoms with Crippen LogP contribution in [0.5, 0.6) is 0 Å². The third-order valence-electron chi connectivity index (χ3n) is 3.07. The summed E-state index contributed by atoms with van der Waals surface area (Å²) < 4.78 is 0. The monoisotopic (exact) mass is 276 g/mol. The molecule has 1 rings (SSSR count). The topological polar surface area (TPSA) is 46.3 Å². The molecule has 0 bridgehead atoms. The second-order valence-corrected chi connectivity index (χ2v) is 6.24. The number of nitrogens with two attached hydrogens (primary N) is 1. The van der Waals surface area contributed by atoms with Crippen LogP contribution in [0.4, 0.5) is 0 Å². The predicted octanol–water partition coefficient (Wildman–Crippen LogP) is 2.94. The molecular formula is C17H28N2O. The fourth-order valence-electron chi connectivity index (χ4n) is 2.33. The summed E-state index contributed by atoms with van der Waals surface area (Å²) in [5.74, 6) is 1.08. The van der Waals surface area contributed by atoms with E-state index >= 15 is 0 Å². The second kappa shape index (κ2) is 8.05. The maximum absolute atomic E-state index is 12.7. The van der Waals surface area contributed by atoms with E-state index in [1.807, 2.05) is 29.2 Å². The van der Waals surface area contributed by atoms with Crippen molar-refractivity contribution in [2.75, 3.05) is 19.6 Å². The van der Waals surface area contributed by atoms with E-state index in [4.69, 9.17) is 5.73 Å². The van der Waals surface area contributed by atoms with Gasteiger partial charge >= 0.3 is 0 Å². The number of carbonyl (C=O) groups excluding carboxylic acids is 1. The van der Waals surface area contributed by atoms with E-state index in [1.54, 1.807) is 0 Å². The van der Waals surface area contributed by atoms with Gasteiger partial charge in [-0.2, -0.15) is 0 Å². The fourth-order valence-corrected chi connectivity index (χ4v) is 2.33. The zero-order valence-corrected chi connectivity index (χ0v) is 13.2. The summed E-state index contributed by atoms with van der Waals surface area (Å²) in [6, 6.07) is 7.85. The lowest BCUT2D eigenvalue weighted by molar-refractivity contribution is 0.0715. The van der Waals surface area contributed by atoms with Crippen molar-refractivity contribution >= 4 is 5.91 Å². The highest BCUT2D eigenvalue weighted by Crippen LogP contribution is 2.12. The van der Waals surface area contributed by atoms with E-state index in [1.165, 1.54) is 0 Å². The molecule has 2 N–H and O–H groups in total. The molecule has 0 radical (unpaired) electrons. The van der Waals surface area contributed by atoms with E-state index in [-0.39, 0.29) is 5.91 Å². The average Bonchev–Trinajstić information content (AvgIpc) is 2.37. The Hall–Kier alpha value is -1.35. The molecule has 0 spiro atoms. The number of nitrogens with zero attached hydrogens (tertiary/aromatic N) is 1. The number of rotatable bonds is 7. The van der Waals surface area contributed by atoms with Gasteiger partial charge in [-0.3, -0.25) is 4.79 Å². The van der Waals surface area contributed by atoms with Gasteiger partial charge in [-0.25, -0.2) is 0 Å². The number of hydrogen-bond donors (Lipinski definition) is 1. The van der Waals surface area contributed by atoms with E-state index < -0.39 is 0 Å². The molecule has 3 nitrogen and oxygen atoms in total. The molecule has 0 atom stereocenters. The van der Waals surface area contributed by atoms with Crippen molar-refractivity contribution in [3.63, 3.8) is 0 Å². The normalized spacial score (nSPS) is 11.2. The highest BCUT2D eigenvalue weighted by Gasteiger charge is 2.18. The molecule has 0 heterocycles. The Kier molecular flexibility index (Phi) is 6.73. The van der Waals surface area contributed by atoms with Gasteiger partial charge in [0, 0.05) is 18.7 Å². The Bertz CT molecular complexity index is 417. The SMILES string of the molecule is CC(C)CN(CC(C)C)C(=O)c1cccc(CCN)c1. The van der Waals surface area contributed by atoms with E-state index in [9.17, 15) is 4.79 Å². The fraction of sp³-hybridized carbons (Fsp3) is 0.588. The van der Waals surface area contributed by atoms with Crippen molar-refractivity contribution < 1.29 is 4.79 Å². The van der Waals surface area contributed by atoms with Crippen molar-refractivity contribution in [3.05, 3.63) is 35.4 Å². The lowest BCUT2D eigenvalue weighted by Crippen LogP contribution is -2.37. The van der Waals surface area contributed by atoms with E-state index in [2.05, 4.69) is 27.7 Å². The Morgan fingerprint density at radius 3 is 2.25 bits per heavy atom. The molecule has 3 heteroatoms. The van der Waals surface area contributed by atoms with Gasteiger partial charge in [0.05, 0.1) is 0 Å². The number of carbonyl (C=O) groups is 1. The van der Waals surface area contributed by atoms with Crippen molar-refractivity contribution in [1.29, 1.82) is 0 Å². The van der Waals surface area contributed by atoms with Crippen LogP contribution < -0.4 is 5.73 Å². The van der Waals surface area contributed by atoms with Crippen LogP contribution in [0, 0.1) is 11.8 Å². The highest BCUT2D eigenvalue weighted by atomic mass is 16.2. The first-order valence-corrected chi connectivity index (χ1v) is 7.52. The van der Waals surface area contributed by atoms with E-state index in [0.717, 1.165) is 30.6 Å². The number of amides is 1. The highest BCUT2D eigenvalue weighted by molar-refractivity contribution is 5.94. The maximum Gasteiger partial charge on any atom is 0.253 e. The van der Waals surface area contributed by atoms with E-state index in [0.29, 0.717) is 18.4 Å². The first-order valence-electron chi connectivity index (χ1n) is 7.52. The summed E-state index contributed by atoms with van der Waals surface area (Å²) in [5, 5.41) is 0. The third kappa shape index (κ3) is 5.33. The molecule has 0 unspecified atom stereocenters. The minimum absolute atomic E-state index is 0.131. The second-order valence-electron chi connectivity index (χ2n) is 6.24. The molecule has 0 saturated heterocycles. The van der Waals surface area contributed by atoms with Crippen molar-refractivity contribution in [1.82, 2.24) is 4.90 Å². The lowest BCUT2D eigenvalue weighted by atomic mass is 10.1. The van der Waals surface area contributed by atoms with Crippen molar-refractivity contribution in [3.8, 4) is 0 Å². The molecule has 0 aliphatic heterocycles. The van der Waals surface area contributed by atoms with Gasteiger partial charge in [-0.1, -0.05) is 39.8 Å². The molecule has 112 valence electrons. The van der Waals surface area contributed by atoms with Crippen LogP contribution in [0.3, 0.4) is 0 Å². The Morgan fingerprint density at radius 1 is 1.15 bits per heavy atom. The minimum Gasteiger partial charge on any atom is -0.338 e. The lowest BCUT2D eigenvalue weighted by Gasteiger charge is -2.26. The van der Waals surface area contributed by atoms with Gasteiger partial charge in [0.25, 0.3) is 5.91 Å². The van der Waals surface area contributed by atoms with Crippen LogP contribution in [-0.4, -0.2) is 30.4 Å². The molecule has 0 aromatic heterocycles. The summed E-state index contributed by atoms with van der Waals surface area (Å²) in [6.45, 7) is 10.8. The smallest absolute Gasteiger partial charge is 0.253 e. The van der Waals surface area contributed by atoms with Crippen LogP contribution in [0.25, 0.3) is 0 Å². The standard InChI is InChI=1S/C17H28N2O/c1-13(2)11-19(12-14(3)4)17(20)16-7-5-6-15(10-16)8-9-18/h5-7,10,13-14H,8-9,11-12,18H2,1-4H3. The summed E-state index contributed by atoms with van der Waals surface area (Å²) >= 11 is 0. The van der Waals surface area contributed by atoms with Crippen LogP contribution >= 0.6 is 0 Å². The molecule has 1 aromatic carbocycles. The summed E-state index contributed by atoms with van der Waals surface area (Å²) in [5.41, 5.74) is 7.49. The maximum atomic E-state index is 12.7. The van der Waals surface area contributed by atoms with Gasteiger partial charge in [-0.15, -0.1) is 0 Å². The quantitative estimate of drug-likeness (QED) is 0.832. The van der Waals surface area contributed by atoms with Gasteiger partial charge < -0.3 is 10.6 Å². The zero-order chi connectivity index (χ0) is 15.1. The predicted molar refractivity (Wildman–Crippen MR) is 84.8 cm³/mol. The van der Waals surface area contributed by atoms with Crippen LogP contribution in [0.2, 0.25) is 0 Å². The average molecular weight is 276 g/mol. The summed E-state index contributed by atoms with van der Waals surface area (Å²) in [4.78, 5) is 14.6. The first-order chi connectivity index (χ1) is 9.43. The Morgan fingerprint density at radius 2 is 1.75 bits per heavy atom. The van der Waals surface area contributed by atoms with Crippen LogP contribution in [-0.2, 0) is 6.42 Å². The van der Waals surface area contributed by atoms with Crippen molar-refractivity contribution in [2.24, 2.45) is 17.6 Å². The minimum atomic E-state index is 0.131. The molecule has 1 amide bonds. The summed E-state index contributed by atoms with van der Waals surface area (Å²) in [7, 11) is 0. The number of benzene rings is 1. The Balaban J connectivity index is 2.89. The molecular weight excluding hydrogens is 248 g/mol.